The summed E-state index contributed by atoms with van der Waals surface area (Å²) in [6.07, 6.45) is 0. The summed E-state index contributed by atoms with van der Waals surface area (Å²) in [5.41, 5.74) is 1.59. The standard InChI is InChI=1S/C14H14BrIN2OS/c1-14(2,3)11-7-20-13(17-11)18-12(19)9-6-8(16)4-5-10(9)15/h4-7H,1-3H3,(H,17,18,19). The van der Waals surface area contributed by atoms with Crippen LogP contribution in [0.5, 0.6) is 0 Å². The number of aromatic nitrogens is 1. The average Bonchev–Trinajstić information content (AvgIpc) is 2.80. The van der Waals surface area contributed by atoms with Gasteiger partial charge in [-0.3, -0.25) is 10.1 Å². The van der Waals surface area contributed by atoms with E-state index in [0.717, 1.165) is 13.7 Å². The van der Waals surface area contributed by atoms with Crippen LogP contribution < -0.4 is 5.32 Å². The number of carbonyl (C=O) groups excluding carboxylic acids is 1. The Morgan fingerprint density at radius 2 is 2.10 bits per heavy atom. The summed E-state index contributed by atoms with van der Waals surface area (Å²) in [5, 5.41) is 5.47. The molecule has 3 nitrogen and oxygen atoms in total. The summed E-state index contributed by atoms with van der Waals surface area (Å²) in [5.74, 6) is -0.148. The van der Waals surface area contributed by atoms with Gasteiger partial charge in [0.2, 0.25) is 0 Å². The van der Waals surface area contributed by atoms with Crippen molar-refractivity contribution in [3.63, 3.8) is 0 Å². The molecule has 0 saturated carbocycles. The van der Waals surface area contributed by atoms with Crippen molar-refractivity contribution < 1.29 is 4.79 Å². The molecule has 0 saturated heterocycles. The monoisotopic (exact) mass is 464 g/mol. The van der Waals surface area contributed by atoms with Crippen molar-refractivity contribution in [3.05, 3.63) is 42.9 Å². The molecule has 0 spiro atoms. The first-order chi connectivity index (χ1) is 9.27. The van der Waals surface area contributed by atoms with E-state index in [0.29, 0.717) is 10.7 Å². The van der Waals surface area contributed by atoms with E-state index in [4.69, 9.17) is 0 Å². The Hall–Kier alpha value is -0.470. The van der Waals surface area contributed by atoms with Gasteiger partial charge in [-0.05, 0) is 56.7 Å². The fraction of sp³-hybridized carbons (Fsp3) is 0.286. The molecule has 1 N–H and O–H groups in total. The van der Waals surface area contributed by atoms with Gasteiger partial charge in [0.25, 0.3) is 5.91 Å². The highest BCUT2D eigenvalue weighted by Gasteiger charge is 2.19. The van der Waals surface area contributed by atoms with Crippen LogP contribution in [-0.4, -0.2) is 10.9 Å². The normalized spacial score (nSPS) is 11.4. The van der Waals surface area contributed by atoms with Crippen molar-refractivity contribution in [1.82, 2.24) is 4.98 Å². The summed E-state index contributed by atoms with van der Waals surface area (Å²) in [6, 6.07) is 5.67. The maximum Gasteiger partial charge on any atom is 0.258 e. The van der Waals surface area contributed by atoms with Crippen LogP contribution in [0.15, 0.2) is 28.1 Å². The Morgan fingerprint density at radius 3 is 2.70 bits per heavy atom. The van der Waals surface area contributed by atoms with Gasteiger partial charge in [-0.15, -0.1) is 11.3 Å². The topological polar surface area (TPSA) is 42.0 Å². The average molecular weight is 465 g/mol. The van der Waals surface area contributed by atoms with Crippen LogP contribution in [0.2, 0.25) is 0 Å². The lowest BCUT2D eigenvalue weighted by Crippen LogP contribution is -2.14. The van der Waals surface area contributed by atoms with Crippen LogP contribution in [0.1, 0.15) is 36.8 Å². The SMILES string of the molecule is CC(C)(C)c1csc(NC(=O)c2cc(I)ccc2Br)n1. The van der Waals surface area contributed by atoms with Crippen molar-refractivity contribution in [3.8, 4) is 0 Å². The summed E-state index contributed by atoms with van der Waals surface area (Å²) in [4.78, 5) is 16.7. The number of nitrogens with one attached hydrogen (secondary N) is 1. The largest absolute Gasteiger partial charge is 0.298 e. The van der Waals surface area contributed by atoms with Crippen molar-refractivity contribution in [2.75, 3.05) is 5.32 Å². The molecule has 0 unspecified atom stereocenters. The second-order valence-electron chi connectivity index (χ2n) is 5.37. The minimum atomic E-state index is -0.148. The second-order valence-corrected chi connectivity index (χ2v) is 8.32. The fourth-order valence-corrected chi connectivity index (χ4v) is 3.36. The predicted octanol–water partition coefficient (Wildman–Crippen LogP) is 5.06. The molecular formula is C14H14BrIN2OS. The lowest BCUT2D eigenvalue weighted by molar-refractivity contribution is 0.102. The van der Waals surface area contributed by atoms with Crippen LogP contribution >= 0.6 is 49.9 Å². The van der Waals surface area contributed by atoms with Gasteiger partial charge >= 0.3 is 0 Å². The molecule has 0 aliphatic carbocycles. The third-order valence-corrected chi connectivity index (χ3v) is 4.79. The Kier molecular flexibility index (Phi) is 4.86. The molecule has 2 aromatic rings. The third-order valence-electron chi connectivity index (χ3n) is 2.67. The molecule has 6 heteroatoms. The quantitative estimate of drug-likeness (QED) is 0.631. The van der Waals surface area contributed by atoms with E-state index < -0.39 is 0 Å². The zero-order valence-corrected chi connectivity index (χ0v) is 15.9. The number of nitrogens with zero attached hydrogens (tertiary/aromatic N) is 1. The molecule has 1 aromatic heterocycles. The Morgan fingerprint density at radius 1 is 1.40 bits per heavy atom. The highest BCUT2D eigenvalue weighted by atomic mass is 127. The van der Waals surface area contributed by atoms with Crippen LogP contribution in [0.3, 0.4) is 0 Å². The number of anilines is 1. The van der Waals surface area contributed by atoms with Gasteiger partial charge in [-0.2, -0.15) is 0 Å². The lowest BCUT2D eigenvalue weighted by atomic mass is 9.93. The van der Waals surface area contributed by atoms with E-state index in [-0.39, 0.29) is 11.3 Å². The molecule has 20 heavy (non-hydrogen) atoms. The zero-order chi connectivity index (χ0) is 14.9. The minimum absolute atomic E-state index is 0.0117. The first-order valence-electron chi connectivity index (χ1n) is 6.00. The lowest BCUT2D eigenvalue weighted by Gasteiger charge is -2.14. The van der Waals surface area contributed by atoms with Crippen molar-refractivity contribution >= 4 is 60.9 Å². The number of hydrogen-bond acceptors (Lipinski definition) is 3. The molecule has 0 atom stereocenters. The predicted molar refractivity (Wildman–Crippen MR) is 95.6 cm³/mol. The molecule has 0 fully saturated rings. The van der Waals surface area contributed by atoms with Crippen molar-refractivity contribution in [1.29, 1.82) is 0 Å². The van der Waals surface area contributed by atoms with E-state index >= 15 is 0 Å². The number of hydrogen-bond donors (Lipinski definition) is 1. The molecule has 106 valence electrons. The van der Waals surface area contributed by atoms with E-state index in [2.05, 4.69) is 69.6 Å². The number of amides is 1. The first-order valence-corrected chi connectivity index (χ1v) is 8.75. The second kappa shape index (κ2) is 6.11. The molecule has 0 aliphatic rings. The van der Waals surface area contributed by atoms with Gasteiger partial charge < -0.3 is 0 Å². The number of rotatable bonds is 2. The molecular weight excluding hydrogens is 451 g/mol. The molecule has 1 amide bonds. The van der Waals surface area contributed by atoms with Gasteiger partial charge in [-0.25, -0.2) is 4.98 Å². The van der Waals surface area contributed by atoms with Crippen LogP contribution in [0, 0.1) is 3.57 Å². The molecule has 0 radical (unpaired) electrons. The number of thiazole rings is 1. The molecule has 0 aliphatic heterocycles. The smallest absolute Gasteiger partial charge is 0.258 e. The van der Waals surface area contributed by atoms with E-state index in [1.165, 1.54) is 11.3 Å². The van der Waals surface area contributed by atoms with Crippen molar-refractivity contribution in [2.24, 2.45) is 0 Å². The fourth-order valence-electron chi connectivity index (χ4n) is 1.51. The van der Waals surface area contributed by atoms with Gasteiger partial charge in [-0.1, -0.05) is 20.8 Å². The zero-order valence-electron chi connectivity index (χ0n) is 11.3. The van der Waals surface area contributed by atoms with Crippen molar-refractivity contribution in [2.45, 2.75) is 26.2 Å². The summed E-state index contributed by atoms with van der Waals surface area (Å²) in [6.45, 7) is 6.30. The van der Waals surface area contributed by atoms with E-state index in [1.807, 2.05) is 23.6 Å². The minimum Gasteiger partial charge on any atom is -0.298 e. The molecule has 0 bridgehead atoms. The highest BCUT2D eigenvalue weighted by molar-refractivity contribution is 14.1. The van der Waals surface area contributed by atoms with Gasteiger partial charge in [0.15, 0.2) is 5.13 Å². The third kappa shape index (κ3) is 3.79. The van der Waals surface area contributed by atoms with Crippen LogP contribution in [-0.2, 0) is 5.41 Å². The highest BCUT2D eigenvalue weighted by Crippen LogP contribution is 2.27. The Balaban J connectivity index is 2.20. The van der Waals surface area contributed by atoms with Crippen LogP contribution in [0.25, 0.3) is 0 Å². The number of carbonyl (C=O) groups is 1. The van der Waals surface area contributed by atoms with Gasteiger partial charge in [0, 0.05) is 18.8 Å². The summed E-state index contributed by atoms with van der Waals surface area (Å²) < 4.78 is 1.80. The Labute approximate surface area is 144 Å². The Bertz CT molecular complexity index is 649. The summed E-state index contributed by atoms with van der Waals surface area (Å²) in [7, 11) is 0. The summed E-state index contributed by atoms with van der Waals surface area (Å²) >= 11 is 7.04. The molecule has 2 rings (SSSR count). The van der Waals surface area contributed by atoms with Gasteiger partial charge in [0.05, 0.1) is 11.3 Å². The van der Waals surface area contributed by atoms with E-state index in [1.54, 1.807) is 0 Å². The maximum absolute atomic E-state index is 12.3. The first kappa shape index (κ1) is 15.9. The number of halogens is 2. The van der Waals surface area contributed by atoms with Gasteiger partial charge in [0.1, 0.15) is 0 Å². The number of benzene rings is 1. The molecule has 1 heterocycles. The maximum atomic E-state index is 12.3. The molecule has 1 aromatic carbocycles. The van der Waals surface area contributed by atoms with Crippen LogP contribution in [0.4, 0.5) is 5.13 Å². The van der Waals surface area contributed by atoms with E-state index in [9.17, 15) is 4.79 Å².